The van der Waals surface area contributed by atoms with Gasteiger partial charge in [0.05, 0.1) is 0 Å². The zero-order valence-electron chi connectivity index (χ0n) is 20.6. The molecule has 0 atom stereocenters. The number of hydrogen-bond acceptors (Lipinski definition) is 2. The minimum absolute atomic E-state index is 0.531. The normalized spacial score (nSPS) is 18.9. The Labute approximate surface area is 169 Å². The minimum Gasteiger partial charge on any atom is -0.339 e. The van der Waals surface area contributed by atoms with E-state index in [-0.39, 0.29) is 0 Å². The summed E-state index contributed by atoms with van der Waals surface area (Å²) in [5.74, 6) is 0. The lowest BCUT2D eigenvalue weighted by Crippen LogP contribution is -2.85. The van der Waals surface area contributed by atoms with E-state index in [0.29, 0.717) is 28.6 Å². The summed E-state index contributed by atoms with van der Waals surface area (Å²) in [5, 5.41) is 0. The molecule has 0 N–H and O–H groups in total. The molecule has 0 aromatic heterocycles. The lowest BCUT2D eigenvalue weighted by atomic mass is 9.14. The molecule has 26 heavy (non-hydrogen) atoms. The fourth-order valence-corrected chi connectivity index (χ4v) is 21.2. The topological polar surface area (TPSA) is 6.48 Å². The predicted octanol–water partition coefficient (Wildman–Crippen LogP) is 5.79. The van der Waals surface area contributed by atoms with E-state index in [0.717, 1.165) is 13.7 Å². The first-order valence-corrected chi connectivity index (χ1v) is 18.1. The van der Waals surface area contributed by atoms with Crippen molar-refractivity contribution in [1.29, 1.82) is 0 Å². The highest BCUT2D eigenvalue weighted by Gasteiger charge is 2.73. The van der Waals surface area contributed by atoms with E-state index >= 15 is 0 Å². The molecule has 0 radical (unpaired) electrons. The SMILES string of the molecule is CC(C)N(B1CB(N(C(C)C)C(C)C)C1([Si](C)(C)C)[Si](C)(C)C)C(C)C. The maximum atomic E-state index is 2.88. The molecule has 0 spiro atoms. The van der Waals surface area contributed by atoms with Gasteiger partial charge in [-0.3, -0.25) is 0 Å². The summed E-state index contributed by atoms with van der Waals surface area (Å²) in [7, 11) is -2.83. The summed E-state index contributed by atoms with van der Waals surface area (Å²) >= 11 is 0. The molecule has 1 rings (SSSR count). The van der Waals surface area contributed by atoms with Crippen LogP contribution in [-0.4, -0.2) is 63.6 Å². The molecule has 1 aliphatic heterocycles. The third-order valence-electron chi connectivity index (χ3n) is 7.08. The first kappa shape index (κ1) is 24.5. The van der Waals surface area contributed by atoms with E-state index < -0.39 is 16.1 Å². The fourth-order valence-electron chi connectivity index (χ4n) is 7.12. The molecule has 1 aliphatic rings. The van der Waals surface area contributed by atoms with Gasteiger partial charge in [0, 0.05) is 16.1 Å². The Morgan fingerprint density at radius 1 is 0.577 bits per heavy atom. The van der Waals surface area contributed by atoms with Crippen molar-refractivity contribution in [3.8, 4) is 0 Å². The van der Waals surface area contributed by atoms with Gasteiger partial charge in [-0.25, -0.2) is 0 Å². The molecule has 0 aliphatic carbocycles. The number of hydrogen-bond donors (Lipinski definition) is 0. The van der Waals surface area contributed by atoms with Crippen LogP contribution in [0.1, 0.15) is 55.4 Å². The van der Waals surface area contributed by atoms with Crippen LogP contribution in [0.5, 0.6) is 0 Å². The Morgan fingerprint density at radius 3 is 0.962 bits per heavy atom. The zero-order valence-corrected chi connectivity index (χ0v) is 22.6. The summed E-state index contributed by atoms with van der Waals surface area (Å²) in [6.07, 6.45) is 1.36. The summed E-state index contributed by atoms with van der Waals surface area (Å²) in [4.78, 5) is 5.76. The highest BCUT2D eigenvalue weighted by atomic mass is 28.4. The largest absolute Gasteiger partial charge is 0.339 e. The standard InChI is InChI=1S/C20H48B2N2Si2/c1-16(2)23(17(3)4)21-15-22(24(18(5)6)19(7)8)20(21,25(9,10)11)26(12,13)14/h16-19H,15H2,1-14H3. The van der Waals surface area contributed by atoms with Crippen LogP contribution < -0.4 is 0 Å². The number of nitrogens with zero attached hydrogens (tertiary/aromatic N) is 2. The summed E-state index contributed by atoms with van der Waals surface area (Å²) in [6.45, 7) is 36.8. The Hall–Kier alpha value is 0.484. The molecule has 6 heteroatoms. The molecule has 0 bridgehead atoms. The van der Waals surface area contributed by atoms with E-state index in [2.05, 4.69) is 104 Å². The molecule has 1 fully saturated rings. The van der Waals surface area contributed by atoms with Crippen molar-refractivity contribution >= 4 is 29.8 Å². The molecule has 152 valence electrons. The first-order valence-electron chi connectivity index (χ1n) is 11.1. The van der Waals surface area contributed by atoms with Gasteiger partial charge in [-0.05, 0) is 24.2 Å². The second kappa shape index (κ2) is 8.08. The summed E-state index contributed by atoms with van der Waals surface area (Å²) in [5.41, 5.74) is 0. The predicted molar refractivity (Wildman–Crippen MR) is 130 cm³/mol. The Balaban J connectivity index is 3.63. The zero-order chi connectivity index (χ0) is 20.8. The van der Waals surface area contributed by atoms with Crippen molar-refractivity contribution in [2.45, 2.75) is 130 Å². The number of rotatable bonds is 8. The third-order valence-corrected chi connectivity index (χ3v) is 17.9. The molecule has 0 saturated carbocycles. The monoisotopic (exact) mass is 394 g/mol. The molecule has 2 nitrogen and oxygen atoms in total. The van der Waals surface area contributed by atoms with Crippen molar-refractivity contribution in [1.82, 2.24) is 9.62 Å². The Kier molecular flexibility index (Phi) is 7.62. The van der Waals surface area contributed by atoms with Gasteiger partial charge in [-0.1, -0.05) is 105 Å². The van der Waals surface area contributed by atoms with Crippen LogP contribution in [0.4, 0.5) is 0 Å². The summed E-state index contributed by atoms with van der Waals surface area (Å²) < 4.78 is 0.531. The maximum Gasteiger partial charge on any atom is 0.212 e. The van der Waals surface area contributed by atoms with Gasteiger partial charge in [0.2, 0.25) is 13.7 Å². The van der Waals surface area contributed by atoms with E-state index in [1.165, 1.54) is 6.22 Å². The molecule has 1 heterocycles. The maximum absolute atomic E-state index is 2.88. The average molecular weight is 394 g/mol. The first-order chi connectivity index (χ1) is 11.5. The van der Waals surface area contributed by atoms with Crippen LogP contribution in [0.25, 0.3) is 0 Å². The molecule has 0 aromatic rings. The van der Waals surface area contributed by atoms with Crippen LogP contribution in [-0.2, 0) is 0 Å². The van der Waals surface area contributed by atoms with Gasteiger partial charge in [-0.15, -0.1) is 0 Å². The van der Waals surface area contributed by atoms with Crippen LogP contribution in [0.15, 0.2) is 0 Å². The van der Waals surface area contributed by atoms with Gasteiger partial charge >= 0.3 is 0 Å². The lowest BCUT2D eigenvalue weighted by Gasteiger charge is -2.71. The minimum atomic E-state index is -1.42. The molecular weight excluding hydrogens is 346 g/mol. The molecule has 0 unspecified atom stereocenters. The molecular formula is C20H48B2N2Si2. The Morgan fingerprint density at radius 2 is 0.808 bits per heavy atom. The van der Waals surface area contributed by atoms with Crippen LogP contribution in [0, 0.1) is 0 Å². The third kappa shape index (κ3) is 3.95. The Bertz CT molecular complexity index is 409. The lowest BCUT2D eigenvalue weighted by molar-refractivity contribution is 0.279. The van der Waals surface area contributed by atoms with Gasteiger partial charge in [0.1, 0.15) is 0 Å². The molecule has 1 saturated heterocycles. The van der Waals surface area contributed by atoms with Crippen LogP contribution in [0.2, 0.25) is 50.0 Å². The fraction of sp³-hybridized carbons (Fsp3) is 1.00. The van der Waals surface area contributed by atoms with E-state index in [4.69, 9.17) is 0 Å². The van der Waals surface area contributed by atoms with Gasteiger partial charge in [-0.2, -0.15) is 0 Å². The van der Waals surface area contributed by atoms with E-state index in [9.17, 15) is 0 Å². The highest BCUT2D eigenvalue weighted by molar-refractivity contribution is 7.28. The van der Waals surface area contributed by atoms with Crippen molar-refractivity contribution < 1.29 is 0 Å². The van der Waals surface area contributed by atoms with Crippen molar-refractivity contribution in [2.24, 2.45) is 0 Å². The van der Waals surface area contributed by atoms with Gasteiger partial charge < -0.3 is 9.62 Å². The average Bonchev–Trinajstić information content (AvgIpc) is 2.30. The molecule has 0 aromatic carbocycles. The van der Waals surface area contributed by atoms with E-state index in [1.807, 2.05) is 0 Å². The second-order valence-corrected chi connectivity index (χ2v) is 23.1. The van der Waals surface area contributed by atoms with Crippen LogP contribution >= 0.6 is 0 Å². The van der Waals surface area contributed by atoms with Gasteiger partial charge in [0.15, 0.2) is 0 Å². The van der Waals surface area contributed by atoms with Gasteiger partial charge in [0.25, 0.3) is 0 Å². The summed E-state index contributed by atoms with van der Waals surface area (Å²) in [6, 6.07) is 2.50. The van der Waals surface area contributed by atoms with Crippen molar-refractivity contribution in [3.05, 3.63) is 0 Å². The quantitative estimate of drug-likeness (QED) is 0.481. The van der Waals surface area contributed by atoms with Crippen molar-refractivity contribution in [2.75, 3.05) is 0 Å². The van der Waals surface area contributed by atoms with E-state index in [1.54, 1.807) is 0 Å². The molecule has 0 amide bonds. The second-order valence-electron chi connectivity index (χ2n) is 11.9. The van der Waals surface area contributed by atoms with Crippen LogP contribution in [0.3, 0.4) is 0 Å². The highest BCUT2D eigenvalue weighted by Crippen LogP contribution is 2.61. The van der Waals surface area contributed by atoms with Crippen molar-refractivity contribution in [3.63, 3.8) is 0 Å². The smallest absolute Gasteiger partial charge is 0.212 e.